The summed E-state index contributed by atoms with van der Waals surface area (Å²) in [5, 5.41) is 0. The van der Waals surface area contributed by atoms with E-state index >= 15 is 0 Å². The van der Waals surface area contributed by atoms with Gasteiger partial charge in [0.25, 0.3) is 0 Å². The van der Waals surface area contributed by atoms with Crippen LogP contribution in [0.1, 0.15) is 23.7 Å². The molecular weight excluding hydrogens is 281 g/mol. The summed E-state index contributed by atoms with van der Waals surface area (Å²) in [7, 11) is 0. The monoisotopic (exact) mass is 294 g/mol. The largest absolute Gasteiger partial charge is 0.573 e. The first-order valence-corrected chi connectivity index (χ1v) is 6.38. The predicted molar refractivity (Wildman–Crippen MR) is 73.2 cm³/mol. The fraction of sp³-hybridized carbons (Fsp3) is 0.188. The van der Waals surface area contributed by atoms with Crippen molar-refractivity contribution in [3.8, 4) is 16.9 Å². The average Bonchev–Trinajstić information content (AvgIpc) is 2.45. The van der Waals surface area contributed by atoms with E-state index in [1.54, 1.807) is 31.2 Å². The maximum Gasteiger partial charge on any atom is 0.573 e. The first-order valence-electron chi connectivity index (χ1n) is 6.38. The summed E-state index contributed by atoms with van der Waals surface area (Å²) < 4.78 is 40.1. The van der Waals surface area contributed by atoms with Gasteiger partial charge in [-0.15, -0.1) is 13.2 Å². The van der Waals surface area contributed by atoms with E-state index in [0.29, 0.717) is 12.0 Å². The van der Waals surface area contributed by atoms with Crippen molar-refractivity contribution >= 4 is 5.78 Å². The molecule has 0 aliphatic heterocycles. The summed E-state index contributed by atoms with van der Waals surface area (Å²) in [5.74, 6) is -0.249. The normalized spacial score (nSPS) is 11.2. The van der Waals surface area contributed by atoms with Gasteiger partial charge in [0.2, 0.25) is 0 Å². The summed E-state index contributed by atoms with van der Waals surface area (Å²) in [4.78, 5) is 11.7. The van der Waals surface area contributed by atoms with E-state index in [1.165, 1.54) is 24.3 Å². The van der Waals surface area contributed by atoms with Gasteiger partial charge in [0.05, 0.1) is 0 Å². The van der Waals surface area contributed by atoms with Gasteiger partial charge in [-0.3, -0.25) is 4.79 Å². The van der Waals surface area contributed by atoms with Crippen LogP contribution < -0.4 is 4.74 Å². The van der Waals surface area contributed by atoms with Crippen LogP contribution in [0.25, 0.3) is 11.1 Å². The number of alkyl halides is 3. The molecule has 0 spiro atoms. The number of hydrogen-bond acceptors (Lipinski definition) is 2. The second kappa shape index (κ2) is 5.99. The molecule has 0 aliphatic rings. The van der Waals surface area contributed by atoms with Crippen molar-refractivity contribution in [3.05, 3.63) is 54.1 Å². The van der Waals surface area contributed by atoms with E-state index in [-0.39, 0.29) is 11.5 Å². The minimum Gasteiger partial charge on any atom is -0.406 e. The van der Waals surface area contributed by atoms with Gasteiger partial charge in [0, 0.05) is 12.0 Å². The van der Waals surface area contributed by atoms with E-state index in [9.17, 15) is 18.0 Å². The molecule has 0 amide bonds. The minimum absolute atomic E-state index is 0.0221. The van der Waals surface area contributed by atoms with Crippen LogP contribution in [0.5, 0.6) is 5.75 Å². The molecule has 0 unspecified atom stereocenters. The number of carbonyl (C=O) groups excluding carboxylic acids is 1. The second-order valence-electron chi connectivity index (χ2n) is 4.43. The second-order valence-corrected chi connectivity index (χ2v) is 4.43. The van der Waals surface area contributed by atoms with Crippen molar-refractivity contribution in [2.75, 3.05) is 0 Å². The van der Waals surface area contributed by atoms with Gasteiger partial charge < -0.3 is 4.74 Å². The van der Waals surface area contributed by atoms with Gasteiger partial charge in [-0.2, -0.15) is 0 Å². The first-order chi connectivity index (χ1) is 9.89. The Bertz CT molecular complexity index is 631. The molecule has 0 atom stereocenters. The molecular formula is C16H13F3O2. The summed E-state index contributed by atoms with van der Waals surface area (Å²) in [6, 6.07) is 12.5. The van der Waals surface area contributed by atoms with Crippen LogP contribution in [0.2, 0.25) is 0 Å². The fourth-order valence-electron chi connectivity index (χ4n) is 1.93. The molecule has 21 heavy (non-hydrogen) atoms. The molecule has 2 aromatic carbocycles. The maximum absolute atomic E-state index is 12.1. The molecule has 0 saturated heterocycles. The lowest BCUT2D eigenvalue weighted by atomic mass is 10.0. The summed E-state index contributed by atoms with van der Waals surface area (Å²) in [5.41, 5.74) is 2.08. The third-order valence-corrected chi connectivity index (χ3v) is 2.93. The number of rotatable bonds is 4. The number of Topliss-reactive ketones (excluding diaryl/α,β-unsaturated/α-hetero) is 1. The Balaban J connectivity index is 2.25. The Labute approximate surface area is 120 Å². The molecule has 110 valence electrons. The summed E-state index contributed by atoms with van der Waals surface area (Å²) >= 11 is 0. The Morgan fingerprint density at radius 3 is 2.29 bits per heavy atom. The number of halogens is 3. The molecule has 0 aliphatic carbocycles. The van der Waals surface area contributed by atoms with Crippen LogP contribution >= 0.6 is 0 Å². The third-order valence-electron chi connectivity index (χ3n) is 2.93. The van der Waals surface area contributed by atoms with Gasteiger partial charge >= 0.3 is 6.36 Å². The zero-order valence-electron chi connectivity index (χ0n) is 11.3. The lowest BCUT2D eigenvalue weighted by molar-refractivity contribution is -0.274. The Morgan fingerprint density at radius 1 is 1.05 bits per heavy atom. The molecule has 0 saturated carbocycles. The quantitative estimate of drug-likeness (QED) is 0.754. The smallest absolute Gasteiger partial charge is 0.406 e. The predicted octanol–water partition coefficient (Wildman–Crippen LogP) is 4.84. The van der Waals surface area contributed by atoms with Crippen LogP contribution in [0.4, 0.5) is 13.2 Å². The van der Waals surface area contributed by atoms with Crippen molar-refractivity contribution in [1.82, 2.24) is 0 Å². The molecule has 0 radical (unpaired) electrons. The number of carbonyl (C=O) groups is 1. The molecule has 0 N–H and O–H groups in total. The molecule has 0 bridgehead atoms. The van der Waals surface area contributed by atoms with Gasteiger partial charge in [0.1, 0.15) is 5.75 Å². The van der Waals surface area contributed by atoms with E-state index < -0.39 is 6.36 Å². The highest BCUT2D eigenvalue weighted by atomic mass is 19.4. The van der Waals surface area contributed by atoms with E-state index in [2.05, 4.69) is 4.74 Å². The standard InChI is InChI=1S/C16H13F3O2/c1-2-15(20)13-5-3-4-12(10-13)11-6-8-14(9-7-11)21-16(17,18)19/h3-10H,2H2,1H3. The van der Waals surface area contributed by atoms with Crippen LogP contribution in [0.3, 0.4) is 0 Å². The Kier molecular flexibility index (Phi) is 4.31. The Morgan fingerprint density at radius 2 is 1.71 bits per heavy atom. The van der Waals surface area contributed by atoms with Gasteiger partial charge in [-0.25, -0.2) is 0 Å². The number of hydrogen-bond donors (Lipinski definition) is 0. The zero-order valence-corrected chi connectivity index (χ0v) is 11.3. The third kappa shape index (κ3) is 4.08. The molecule has 0 aromatic heterocycles. The lowest BCUT2D eigenvalue weighted by Gasteiger charge is -2.09. The fourth-order valence-corrected chi connectivity index (χ4v) is 1.93. The number of ether oxygens (including phenoxy) is 1. The van der Waals surface area contributed by atoms with Gasteiger partial charge in [-0.05, 0) is 29.3 Å². The van der Waals surface area contributed by atoms with Gasteiger partial charge in [0.15, 0.2) is 5.78 Å². The van der Waals surface area contributed by atoms with Gasteiger partial charge in [-0.1, -0.05) is 37.3 Å². The summed E-state index contributed by atoms with van der Waals surface area (Å²) in [6.45, 7) is 1.78. The zero-order chi connectivity index (χ0) is 15.5. The highest BCUT2D eigenvalue weighted by Crippen LogP contribution is 2.27. The molecule has 0 fully saturated rings. The first kappa shape index (κ1) is 15.1. The SMILES string of the molecule is CCC(=O)c1cccc(-c2ccc(OC(F)(F)F)cc2)c1. The lowest BCUT2D eigenvalue weighted by Crippen LogP contribution is -2.16. The van der Waals surface area contributed by atoms with Crippen LogP contribution in [-0.2, 0) is 0 Å². The van der Waals surface area contributed by atoms with E-state index in [4.69, 9.17) is 0 Å². The molecule has 2 rings (SSSR count). The van der Waals surface area contributed by atoms with Crippen molar-refractivity contribution in [1.29, 1.82) is 0 Å². The summed E-state index contributed by atoms with van der Waals surface area (Å²) in [6.07, 6.45) is -4.29. The van der Waals surface area contributed by atoms with Crippen LogP contribution in [-0.4, -0.2) is 12.1 Å². The van der Waals surface area contributed by atoms with Crippen molar-refractivity contribution in [2.24, 2.45) is 0 Å². The van der Waals surface area contributed by atoms with E-state index in [1.807, 2.05) is 0 Å². The average molecular weight is 294 g/mol. The minimum atomic E-state index is -4.70. The Hall–Kier alpha value is -2.30. The molecule has 2 aromatic rings. The van der Waals surface area contributed by atoms with Crippen molar-refractivity contribution in [2.45, 2.75) is 19.7 Å². The molecule has 0 heterocycles. The number of ketones is 1. The van der Waals surface area contributed by atoms with E-state index in [0.717, 1.165) is 11.1 Å². The molecule has 2 nitrogen and oxygen atoms in total. The maximum atomic E-state index is 12.1. The highest BCUT2D eigenvalue weighted by Gasteiger charge is 2.30. The highest BCUT2D eigenvalue weighted by molar-refractivity contribution is 5.97. The van der Waals surface area contributed by atoms with Crippen molar-refractivity contribution < 1.29 is 22.7 Å². The number of benzene rings is 2. The van der Waals surface area contributed by atoms with Crippen LogP contribution in [0, 0.1) is 0 Å². The van der Waals surface area contributed by atoms with Crippen molar-refractivity contribution in [3.63, 3.8) is 0 Å². The molecule has 5 heteroatoms. The van der Waals surface area contributed by atoms with Crippen LogP contribution in [0.15, 0.2) is 48.5 Å². The topological polar surface area (TPSA) is 26.3 Å².